The van der Waals surface area contributed by atoms with Crippen molar-refractivity contribution < 1.29 is 19.1 Å². The van der Waals surface area contributed by atoms with E-state index in [1.165, 1.54) is 4.90 Å². The van der Waals surface area contributed by atoms with Crippen LogP contribution in [0.5, 0.6) is 5.75 Å². The van der Waals surface area contributed by atoms with Gasteiger partial charge in [-0.3, -0.25) is 19.3 Å². The Labute approximate surface area is 151 Å². The van der Waals surface area contributed by atoms with Crippen molar-refractivity contribution in [1.82, 2.24) is 4.90 Å². The van der Waals surface area contributed by atoms with E-state index >= 15 is 0 Å². The maximum atomic E-state index is 12.4. The second kappa shape index (κ2) is 7.82. The van der Waals surface area contributed by atoms with Gasteiger partial charge >= 0.3 is 0 Å². The summed E-state index contributed by atoms with van der Waals surface area (Å²) < 4.78 is 5.50. The lowest BCUT2D eigenvalue weighted by molar-refractivity contribution is -0.139. The number of nitrogens with one attached hydrogen (secondary N) is 1. The minimum atomic E-state index is -0.253. The summed E-state index contributed by atoms with van der Waals surface area (Å²) in [4.78, 5) is 37.1. The van der Waals surface area contributed by atoms with Crippen molar-refractivity contribution in [2.24, 2.45) is 0 Å². The molecule has 2 aromatic rings. The average Bonchev–Trinajstić information content (AvgIpc) is 2.96. The summed E-state index contributed by atoms with van der Waals surface area (Å²) in [6, 6.07) is 14.1. The Kier molecular flexibility index (Phi) is 5.31. The summed E-state index contributed by atoms with van der Waals surface area (Å²) in [6.07, 6.45) is 0.553. The van der Waals surface area contributed by atoms with Crippen LogP contribution in [0.1, 0.15) is 35.7 Å². The first-order valence-electron chi connectivity index (χ1n) is 8.54. The zero-order chi connectivity index (χ0) is 18.5. The summed E-state index contributed by atoms with van der Waals surface area (Å²) >= 11 is 0. The second-order valence-corrected chi connectivity index (χ2v) is 5.95. The zero-order valence-corrected chi connectivity index (χ0v) is 14.5. The molecule has 1 aliphatic heterocycles. The molecule has 0 radical (unpaired) electrons. The number of anilines is 1. The van der Waals surface area contributed by atoms with Crippen molar-refractivity contribution >= 4 is 23.4 Å². The van der Waals surface area contributed by atoms with Gasteiger partial charge in [0.15, 0.2) is 0 Å². The van der Waals surface area contributed by atoms with E-state index in [9.17, 15) is 14.4 Å². The van der Waals surface area contributed by atoms with Gasteiger partial charge in [-0.2, -0.15) is 0 Å². The number of rotatable bonds is 6. The molecule has 6 heteroatoms. The SMILES string of the molecule is CCOc1ccccc1NC(=O)c1ccc(CN2C(=O)CCC2=O)cc1. The molecule has 0 aliphatic carbocycles. The molecular weight excluding hydrogens is 332 g/mol. The van der Waals surface area contributed by atoms with Gasteiger partial charge < -0.3 is 10.1 Å². The van der Waals surface area contributed by atoms with Gasteiger partial charge in [0.2, 0.25) is 11.8 Å². The predicted octanol–water partition coefficient (Wildman–Crippen LogP) is 2.99. The van der Waals surface area contributed by atoms with Crippen LogP contribution in [-0.4, -0.2) is 29.2 Å². The van der Waals surface area contributed by atoms with Gasteiger partial charge in [-0.1, -0.05) is 24.3 Å². The topological polar surface area (TPSA) is 75.7 Å². The van der Waals surface area contributed by atoms with E-state index in [1.54, 1.807) is 36.4 Å². The highest BCUT2D eigenvalue weighted by atomic mass is 16.5. The number of amides is 3. The summed E-state index contributed by atoms with van der Waals surface area (Å²) in [7, 11) is 0. The molecule has 2 aromatic carbocycles. The highest BCUT2D eigenvalue weighted by molar-refractivity contribution is 6.05. The van der Waals surface area contributed by atoms with E-state index < -0.39 is 0 Å². The highest BCUT2D eigenvalue weighted by Gasteiger charge is 2.28. The van der Waals surface area contributed by atoms with Crippen LogP contribution in [-0.2, 0) is 16.1 Å². The van der Waals surface area contributed by atoms with E-state index in [-0.39, 0.29) is 37.1 Å². The second-order valence-electron chi connectivity index (χ2n) is 5.95. The largest absolute Gasteiger partial charge is 0.492 e. The number of nitrogens with zero attached hydrogens (tertiary/aromatic N) is 1. The monoisotopic (exact) mass is 352 g/mol. The molecule has 134 valence electrons. The Bertz CT molecular complexity index is 814. The molecule has 1 saturated heterocycles. The number of benzene rings is 2. The van der Waals surface area contributed by atoms with Gasteiger partial charge in [-0.25, -0.2) is 0 Å². The van der Waals surface area contributed by atoms with Gasteiger partial charge in [0.25, 0.3) is 5.91 Å². The lowest BCUT2D eigenvalue weighted by Crippen LogP contribution is -2.28. The Hall–Kier alpha value is -3.15. The van der Waals surface area contributed by atoms with Crippen molar-refractivity contribution in [3.63, 3.8) is 0 Å². The van der Waals surface area contributed by atoms with Crippen molar-refractivity contribution in [3.8, 4) is 5.75 Å². The molecule has 1 heterocycles. The molecule has 0 unspecified atom stereocenters. The molecule has 0 bridgehead atoms. The van der Waals surface area contributed by atoms with Crippen molar-refractivity contribution in [2.45, 2.75) is 26.3 Å². The van der Waals surface area contributed by atoms with Crippen LogP contribution in [0.2, 0.25) is 0 Å². The van der Waals surface area contributed by atoms with Crippen LogP contribution in [0.25, 0.3) is 0 Å². The maximum Gasteiger partial charge on any atom is 0.255 e. The van der Waals surface area contributed by atoms with Crippen LogP contribution in [0.4, 0.5) is 5.69 Å². The molecule has 26 heavy (non-hydrogen) atoms. The number of ether oxygens (including phenoxy) is 1. The van der Waals surface area contributed by atoms with Gasteiger partial charge in [0.05, 0.1) is 18.8 Å². The van der Waals surface area contributed by atoms with E-state index in [2.05, 4.69) is 5.32 Å². The Morgan fingerprint density at radius 3 is 2.35 bits per heavy atom. The lowest BCUT2D eigenvalue weighted by Gasteiger charge is -2.14. The molecule has 6 nitrogen and oxygen atoms in total. The van der Waals surface area contributed by atoms with Gasteiger partial charge in [-0.05, 0) is 36.8 Å². The molecular formula is C20H20N2O4. The fourth-order valence-corrected chi connectivity index (χ4v) is 2.79. The number of imide groups is 1. The fourth-order valence-electron chi connectivity index (χ4n) is 2.79. The van der Waals surface area contributed by atoms with E-state index in [0.29, 0.717) is 23.6 Å². The Balaban J connectivity index is 1.68. The maximum absolute atomic E-state index is 12.4. The smallest absolute Gasteiger partial charge is 0.255 e. The standard InChI is InChI=1S/C20H20N2O4/c1-2-26-17-6-4-3-5-16(17)21-20(25)15-9-7-14(8-10-15)13-22-18(23)11-12-19(22)24/h3-10H,2,11-13H2,1H3,(H,21,25). The van der Waals surface area contributed by atoms with Gasteiger partial charge in [0.1, 0.15) is 5.75 Å². The molecule has 1 N–H and O–H groups in total. The third-order valence-corrected chi connectivity index (χ3v) is 4.15. The molecule has 0 spiro atoms. The molecule has 1 aliphatic rings. The van der Waals surface area contributed by atoms with Crippen molar-refractivity contribution in [1.29, 1.82) is 0 Å². The first kappa shape index (κ1) is 17.7. The highest BCUT2D eigenvalue weighted by Crippen LogP contribution is 2.24. The van der Waals surface area contributed by atoms with Crippen LogP contribution < -0.4 is 10.1 Å². The number of hydrogen-bond donors (Lipinski definition) is 1. The van der Waals surface area contributed by atoms with Crippen molar-refractivity contribution in [2.75, 3.05) is 11.9 Å². The average molecular weight is 352 g/mol. The normalized spacial score (nSPS) is 13.8. The summed E-state index contributed by atoms with van der Waals surface area (Å²) in [5.74, 6) is 0.0664. The lowest BCUT2D eigenvalue weighted by atomic mass is 10.1. The van der Waals surface area contributed by atoms with Crippen molar-refractivity contribution in [3.05, 3.63) is 59.7 Å². The van der Waals surface area contributed by atoms with Crippen LogP contribution in [0.3, 0.4) is 0 Å². The number of hydrogen-bond acceptors (Lipinski definition) is 4. The number of likely N-dealkylation sites (tertiary alicyclic amines) is 1. The van der Waals surface area contributed by atoms with E-state index in [4.69, 9.17) is 4.74 Å². The third kappa shape index (κ3) is 3.91. The molecule has 3 amide bonds. The van der Waals surface area contributed by atoms with E-state index in [1.807, 2.05) is 19.1 Å². The molecule has 1 fully saturated rings. The number of carbonyl (C=O) groups is 3. The van der Waals surface area contributed by atoms with Crippen LogP contribution in [0.15, 0.2) is 48.5 Å². The quantitative estimate of drug-likeness (QED) is 0.811. The summed E-state index contributed by atoms with van der Waals surface area (Å²) in [6.45, 7) is 2.63. The Morgan fingerprint density at radius 1 is 1.04 bits per heavy atom. The molecule has 0 saturated carbocycles. The molecule has 0 aromatic heterocycles. The minimum Gasteiger partial charge on any atom is -0.492 e. The summed E-state index contributed by atoms with van der Waals surface area (Å²) in [5.41, 5.74) is 1.90. The van der Waals surface area contributed by atoms with Gasteiger partial charge in [-0.15, -0.1) is 0 Å². The number of carbonyl (C=O) groups excluding carboxylic acids is 3. The fraction of sp³-hybridized carbons (Fsp3) is 0.250. The Morgan fingerprint density at radius 2 is 1.69 bits per heavy atom. The minimum absolute atomic E-state index is 0.149. The summed E-state index contributed by atoms with van der Waals surface area (Å²) in [5, 5.41) is 2.84. The van der Waals surface area contributed by atoms with Gasteiger partial charge in [0, 0.05) is 18.4 Å². The first-order chi connectivity index (χ1) is 12.6. The van der Waals surface area contributed by atoms with E-state index in [0.717, 1.165) is 5.56 Å². The molecule has 0 atom stereocenters. The zero-order valence-electron chi connectivity index (χ0n) is 14.5. The number of para-hydroxylation sites is 2. The third-order valence-electron chi connectivity index (χ3n) is 4.15. The predicted molar refractivity (Wildman–Crippen MR) is 96.8 cm³/mol. The van der Waals surface area contributed by atoms with Crippen LogP contribution >= 0.6 is 0 Å². The first-order valence-corrected chi connectivity index (χ1v) is 8.54. The molecule has 3 rings (SSSR count). The van der Waals surface area contributed by atoms with Crippen LogP contribution in [0, 0.1) is 0 Å².